The zero-order chi connectivity index (χ0) is 14.8. The van der Waals surface area contributed by atoms with Crippen LogP contribution in [-0.4, -0.2) is 16.5 Å². The van der Waals surface area contributed by atoms with E-state index in [0.717, 1.165) is 0 Å². The van der Waals surface area contributed by atoms with Crippen molar-refractivity contribution in [1.29, 1.82) is 0 Å². The molecule has 0 aromatic carbocycles. The van der Waals surface area contributed by atoms with Gasteiger partial charge >= 0.3 is 6.18 Å². The van der Waals surface area contributed by atoms with Gasteiger partial charge in [0, 0.05) is 12.6 Å². The third-order valence-electron chi connectivity index (χ3n) is 3.02. The van der Waals surface area contributed by atoms with Crippen molar-refractivity contribution in [2.24, 2.45) is 11.3 Å². The molecule has 0 radical (unpaired) electrons. The number of aromatic nitrogens is 2. The fourth-order valence-corrected chi connectivity index (χ4v) is 1.38. The molecule has 0 aliphatic rings. The van der Waals surface area contributed by atoms with Crippen molar-refractivity contribution in [3.8, 4) is 0 Å². The van der Waals surface area contributed by atoms with Gasteiger partial charge in [-0.05, 0) is 11.3 Å². The van der Waals surface area contributed by atoms with Crippen LogP contribution in [0.5, 0.6) is 0 Å². The third kappa shape index (κ3) is 4.86. The van der Waals surface area contributed by atoms with Gasteiger partial charge in [0.15, 0.2) is 0 Å². The fraction of sp³-hybridized carbons (Fsp3) is 0.667. The fourth-order valence-electron chi connectivity index (χ4n) is 1.20. The van der Waals surface area contributed by atoms with Crippen molar-refractivity contribution in [1.82, 2.24) is 9.97 Å². The summed E-state index contributed by atoms with van der Waals surface area (Å²) in [4.78, 5) is 6.60. The average molecular weight is 296 g/mol. The van der Waals surface area contributed by atoms with Crippen LogP contribution < -0.4 is 5.32 Å². The lowest BCUT2D eigenvalue weighted by atomic mass is 9.82. The van der Waals surface area contributed by atoms with Gasteiger partial charge in [-0.2, -0.15) is 13.2 Å². The first-order chi connectivity index (χ1) is 8.50. The summed E-state index contributed by atoms with van der Waals surface area (Å²) in [6, 6.07) is 1.28. The van der Waals surface area contributed by atoms with E-state index < -0.39 is 12.0 Å². The zero-order valence-corrected chi connectivity index (χ0v) is 12.0. The van der Waals surface area contributed by atoms with Gasteiger partial charge in [-0.1, -0.05) is 39.3 Å². The Morgan fingerprint density at radius 3 is 2.32 bits per heavy atom. The van der Waals surface area contributed by atoms with Crippen molar-refractivity contribution in [3.05, 3.63) is 17.0 Å². The van der Waals surface area contributed by atoms with Gasteiger partial charge in [0.2, 0.25) is 5.82 Å². The van der Waals surface area contributed by atoms with Gasteiger partial charge in [0.05, 0.1) is 0 Å². The summed E-state index contributed by atoms with van der Waals surface area (Å²) in [6.07, 6.45) is -4.60. The largest absolute Gasteiger partial charge is 0.451 e. The van der Waals surface area contributed by atoms with Gasteiger partial charge < -0.3 is 5.32 Å². The number of hydrogen-bond acceptors (Lipinski definition) is 3. The lowest BCUT2D eigenvalue weighted by molar-refractivity contribution is -0.144. The van der Waals surface area contributed by atoms with E-state index >= 15 is 0 Å². The Hall–Kier alpha value is -1.04. The van der Waals surface area contributed by atoms with Gasteiger partial charge in [0.25, 0.3) is 0 Å². The van der Waals surface area contributed by atoms with Crippen LogP contribution in [0.15, 0.2) is 6.07 Å². The number of anilines is 1. The molecule has 1 atom stereocenters. The number of nitrogens with zero attached hydrogens (tertiary/aromatic N) is 2. The number of alkyl halides is 3. The van der Waals surface area contributed by atoms with Crippen LogP contribution in [0.2, 0.25) is 5.15 Å². The van der Waals surface area contributed by atoms with Crippen molar-refractivity contribution in [3.63, 3.8) is 0 Å². The molecule has 0 spiro atoms. The predicted molar refractivity (Wildman–Crippen MR) is 69.2 cm³/mol. The Morgan fingerprint density at radius 1 is 1.26 bits per heavy atom. The second kappa shape index (κ2) is 5.53. The zero-order valence-electron chi connectivity index (χ0n) is 11.3. The van der Waals surface area contributed by atoms with Crippen LogP contribution in [0.25, 0.3) is 0 Å². The maximum Gasteiger partial charge on any atom is 0.451 e. The summed E-state index contributed by atoms with van der Waals surface area (Å²) < 4.78 is 37.6. The molecule has 0 saturated heterocycles. The summed E-state index contributed by atoms with van der Waals surface area (Å²) in [5.41, 5.74) is 0.0523. The highest BCUT2D eigenvalue weighted by Gasteiger charge is 2.35. The van der Waals surface area contributed by atoms with E-state index in [1.165, 1.54) is 6.07 Å². The van der Waals surface area contributed by atoms with Gasteiger partial charge in [0.1, 0.15) is 11.0 Å². The summed E-state index contributed by atoms with van der Waals surface area (Å²) in [5, 5.41) is 2.64. The molecule has 0 bridgehead atoms. The molecule has 3 nitrogen and oxygen atoms in total. The van der Waals surface area contributed by atoms with Crippen LogP contribution in [0.4, 0.5) is 19.0 Å². The van der Waals surface area contributed by atoms with Crippen LogP contribution in [0.1, 0.15) is 33.5 Å². The highest BCUT2D eigenvalue weighted by atomic mass is 35.5. The minimum absolute atomic E-state index is 0.0523. The minimum Gasteiger partial charge on any atom is -0.370 e. The van der Waals surface area contributed by atoms with E-state index in [1.54, 1.807) is 0 Å². The maximum absolute atomic E-state index is 12.5. The number of halogens is 4. The van der Waals surface area contributed by atoms with Crippen molar-refractivity contribution >= 4 is 17.4 Å². The van der Waals surface area contributed by atoms with E-state index in [9.17, 15) is 13.2 Å². The lowest BCUT2D eigenvalue weighted by Crippen LogP contribution is -2.25. The number of nitrogens with one attached hydrogen (secondary N) is 1. The SMILES string of the molecule is CC(CNc1cc(Cl)nc(C(F)(F)F)n1)C(C)(C)C. The van der Waals surface area contributed by atoms with Crippen molar-refractivity contribution in [2.45, 2.75) is 33.9 Å². The molecule has 19 heavy (non-hydrogen) atoms. The predicted octanol–water partition coefficient (Wildman–Crippen LogP) is 4.24. The van der Waals surface area contributed by atoms with E-state index in [-0.39, 0.29) is 22.3 Å². The number of hydrogen-bond donors (Lipinski definition) is 1. The van der Waals surface area contributed by atoms with Gasteiger partial charge in [-0.3, -0.25) is 0 Å². The van der Waals surface area contributed by atoms with Crippen LogP contribution in [0.3, 0.4) is 0 Å². The van der Waals surface area contributed by atoms with E-state index in [1.807, 2.05) is 6.92 Å². The molecule has 0 aliphatic carbocycles. The average Bonchev–Trinajstić information content (AvgIpc) is 2.22. The molecule has 0 fully saturated rings. The molecule has 1 aromatic rings. The normalized spacial score (nSPS) is 14.3. The quantitative estimate of drug-likeness (QED) is 0.847. The summed E-state index contributed by atoms with van der Waals surface area (Å²) in [5.74, 6) is -0.884. The first kappa shape index (κ1) is 16.0. The molecule has 0 aliphatic heterocycles. The highest BCUT2D eigenvalue weighted by Crippen LogP contribution is 2.29. The second-order valence-electron chi connectivity index (χ2n) is 5.55. The van der Waals surface area contributed by atoms with Crippen LogP contribution >= 0.6 is 11.6 Å². The molecule has 108 valence electrons. The Kier molecular flexibility index (Phi) is 4.66. The molecule has 7 heteroatoms. The van der Waals surface area contributed by atoms with Gasteiger partial charge in [-0.15, -0.1) is 0 Å². The molecule has 0 saturated carbocycles. The van der Waals surface area contributed by atoms with E-state index in [4.69, 9.17) is 11.6 Å². The Bertz CT molecular complexity index is 441. The molecule has 1 rings (SSSR count). The number of rotatable bonds is 3. The Balaban J connectivity index is 2.83. The van der Waals surface area contributed by atoms with E-state index in [0.29, 0.717) is 6.54 Å². The van der Waals surface area contributed by atoms with E-state index in [2.05, 4.69) is 36.1 Å². The minimum atomic E-state index is -4.60. The monoisotopic (exact) mass is 295 g/mol. The van der Waals surface area contributed by atoms with Crippen LogP contribution in [-0.2, 0) is 6.18 Å². The molecule has 0 amide bonds. The summed E-state index contributed by atoms with van der Waals surface area (Å²) in [7, 11) is 0. The topological polar surface area (TPSA) is 37.8 Å². The Labute approximate surface area is 115 Å². The first-order valence-corrected chi connectivity index (χ1v) is 6.23. The van der Waals surface area contributed by atoms with Crippen LogP contribution in [0, 0.1) is 11.3 Å². The highest BCUT2D eigenvalue weighted by molar-refractivity contribution is 6.29. The van der Waals surface area contributed by atoms with Crippen molar-refractivity contribution < 1.29 is 13.2 Å². The first-order valence-electron chi connectivity index (χ1n) is 5.86. The van der Waals surface area contributed by atoms with Crippen molar-refractivity contribution in [2.75, 3.05) is 11.9 Å². The molecule has 1 aromatic heterocycles. The molecular weight excluding hydrogens is 279 g/mol. The second-order valence-corrected chi connectivity index (χ2v) is 5.93. The lowest BCUT2D eigenvalue weighted by Gasteiger charge is -2.27. The molecule has 1 N–H and O–H groups in total. The van der Waals surface area contributed by atoms with Gasteiger partial charge in [-0.25, -0.2) is 9.97 Å². The molecular formula is C12H17ClF3N3. The Morgan fingerprint density at radius 2 is 1.84 bits per heavy atom. The summed E-state index contributed by atoms with van der Waals surface area (Å²) >= 11 is 5.57. The molecule has 1 heterocycles. The standard InChI is InChI=1S/C12H17ClF3N3/c1-7(11(2,3)4)6-17-9-5-8(13)18-10(19-9)12(14,15)16/h5,7H,6H2,1-4H3,(H,17,18,19). The maximum atomic E-state index is 12.5. The summed E-state index contributed by atoms with van der Waals surface area (Å²) in [6.45, 7) is 8.71. The third-order valence-corrected chi connectivity index (χ3v) is 3.21. The molecule has 1 unspecified atom stereocenters. The smallest absolute Gasteiger partial charge is 0.370 e.